The topological polar surface area (TPSA) is 95.7 Å². The van der Waals surface area contributed by atoms with Crippen molar-refractivity contribution in [2.45, 2.75) is 18.6 Å². The van der Waals surface area contributed by atoms with Crippen LogP contribution in [-0.2, 0) is 0 Å². The van der Waals surface area contributed by atoms with E-state index in [1.165, 1.54) is 19.1 Å². The molecule has 0 radical (unpaired) electrons. The molecule has 1 amide bonds. The minimum absolute atomic E-state index is 0.161. The van der Waals surface area contributed by atoms with Crippen LogP contribution in [0.15, 0.2) is 30.3 Å². The van der Waals surface area contributed by atoms with Gasteiger partial charge in [0, 0.05) is 15.4 Å². The molecule has 1 aliphatic heterocycles. The minimum atomic E-state index is -1.71. The van der Waals surface area contributed by atoms with Crippen molar-refractivity contribution in [1.82, 2.24) is 4.90 Å². The third kappa shape index (κ3) is 4.01. The summed E-state index contributed by atoms with van der Waals surface area (Å²) in [5, 5.41) is 23.5. The van der Waals surface area contributed by atoms with Crippen LogP contribution in [0, 0.1) is 31.1 Å². The van der Waals surface area contributed by atoms with Gasteiger partial charge in [-0.2, -0.15) is 0 Å². The first-order valence-corrected chi connectivity index (χ1v) is 9.46. The number of nitrogens with one attached hydrogen (secondary N) is 1. The van der Waals surface area contributed by atoms with Crippen LogP contribution < -0.4 is 5.32 Å². The van der Waals surface area contributed by atoms with Gasteiger partial charge in [0.25, 0.3) is 5.91 Å². The Hall–Kier alpha value is -2.41. The van der Waals surface area contributed by atoms with Gasteiger partial charge in [0.1, 0.15) is 5.82 Å². The number of aliphatic hydroxyl groups is 1. The first kappa shape index (κ1) is 21.3. The van der Waals surface area contributed by atoms with E-state index in [0.29, 0.717) is 3.57 Å². The maximum Gasteiger partial charge on any atom is 0.256 e. The van der Waals surface area contributed by atoms with Gasteiger partial charge < -0.3 is 15.3 Å². The summed E-state index contributed by atoms with van der Waals surface area (Å²) in [6.07, 6.45) is 0. The van der Waals surface area contributed by atoms with Crippen molar-refractivity contribution in [1.29, 1.82) is 0 Å². The fraction of sp³-hybridized carbons (Fsp3) is 0.278. The zero-order chi connectivity index (χ0) is 21.5. The molecular weight excluding hydrogens is 506 g/mol. The number of halogens is 4. The number of β-amino-alcohol motifs (C(OH)–C–C–N with tert-alkyl or cyclic N) is 1. The lowest BCUT2D eigenvalue weighted by atomic mass is 9.86. The summed E-state index contributed by atoms with van der Waals surface area (Å²) >= 11 is 1.88. The molecule has 0 bridgehead atoms. The lowest BCUT2D eigenvalue weighted by Crippen LogP contribution is -2.69. The number of benzene rings is 2. The Bertz CT molecular complexity index is 999. The summed E-state index contributed by atoms with van der Waals surface area (Å²) in [5.74, 6) is -4.12. The van der Waals surface area contributed by atoms with Crippen LogP contribution in [-0.4, -0.2) is 45.6 Å². The number of likely N-dealkylation sites (tertiary alicyclic amines) is 1. The number of nitro groups is 1. The molecular formula is C18H15F3IN3O4. The number of nitrogens with zero attached hydrogens (tertiary/aromatic N) is 2. The van der Waals surface area contributed by atoms with Crippen LogP contribution in [0.4, 0.5) is 24.5 Å². The van der Waals surface area contributed by atoms with Crippen molar-refractivity contribution >= 4 is 39.9 Å². The van der Waals surface area contributed by atoms with Gasteiger partial charge in [0.15, 0.2) is 17.2 Å². The summed E-state index contributed by atoms with van der Waals surface area (Å²) in [4.78, 5) is 24.0. The second kappa shape index (κ2) is 7.78. The first-order valence-electron chi connectivity index (χ1n) is 8.38. The summed E-state index contributed by atoms with van der Waals surface area (Å²) in [6, 6.07) is 4.51. The summed E-state index contributed by atoms with van der Waals surface area (Å²) in [6.45, 7) is 0.528. The molecule has 1 heterocycles. The monoisotopic (exact) mass is 521 g/mol. The van der Waals surface area contributed by atoms with Gasteiger partial charge in [-0.25, -0.2) is 13.2 Å². The van der Waals surface area contributed by atoms with Crippen molar-refractivity contribution in [2.75, 3.05) is 18.4 Å². The predicted molar refractivity (Wildman–Crippen MR) is 106 cm³/mol. The summed E-state index contributed by atoms with van der Waals surface area (Å²) in [5.41, 5.74) is -2.73. The van der Waals surface area contributed by atoms with Crippen molar-refractivity contribution in [3.63, 3.8) is 0 Å². The molecule has 154 valence electrons. The van der Waals surface area contributed by atoms with E-state index in [-0.39, 0.29) is 24.3 Å². The van der Waals surface area contributed by atoms with Gasteiger partial charge in [-0.3, -0.25) is 14.9 Å². The highest BCUT2D eigenvalue weighted by molar-refractivity contribution is 14.1. The maximum atomic E-state index is 14.4. The largest absolute Gasteiger partial charge is 0.379 e. The van der Waals surface area contributed by atoms with E-state index in [4.69, 9.17) is 0 Å². The molecule has 0 saturated carbocycles. The molecule has 0 aliphatic carbocycles. The van der Waals surface area contributed by atoms with Crippen LogP contribution in [0.1, 0.15) is 17.3 Å². The highest BCUT2D eigenvalue weighted by Gasteiger charge is 2.53. The van der Waals surface area contributed by atoms with Gasteiger partial charge in [0.05, 0.1) is 30.0 Å². The second-order valence-corrected chi connectivity index (χ2v) is 8.00. The third-order valence-corrected chi connectivity index (χ3v) is 5.50. The van der Waals surface area contributed by atoms with Crippen molar-refractivity contribution in [2.24, 2.45) is 0 Å². The number of carbonyl (C=O) groups is 1. The number of anilines is 2. The Morgan fingerprint density at radius 1 is 1.28 bits per heavy atom. The number of amides is 1. The molecule has 1 fully saturated rings. The highest BCUT2D eigenvalue weighted by Crippen LogP contribution is 2.33. The highest BCUT2D eigenvalue weighted by atomic mass is 127. The molecule has 29 heavy (non-hydrogen) atoms. The molecule has 0 spiro atoms. The first-order chi connectivity index (χ1) is 13.5. The quantitative estimate of drug-likeness (QED) is 0.358. The van der Waals surface area contributed by atoms with Gasteiger partial charge in [-0.15, -0.1) is 0 Å². The Labute approximate surface area is 176 Å². The minimum Gasteiger partial charge on any atom is -0.379 e. The standard InChI is InChI=1S/C18H15F3IN3O4/c1-9(25(28)29)18(27)7-24(8-18)17(26)11-3-4-12(19)15(21)16(11)23-14-5-2-10(22)6-13(14)20/h2-6,9,23,27H,7-8H2,1H3. The Morgan fingerprint density at radius 2 is 1.93 bits per heavy atom. The van der Waals surface area contributed by atoms with Crippen LogP contribution in [0.2, 0.25) is 0 Å². The molecule has 2 aromatic carbocycles. The Kier molecular flexibility index (Phi) is 5.72. The predicted octanol–water partition coefficient (Wildman–Crippen LogP) is 3.30. The lowest BCUT2D eigenvalue weighted by Gasteiger charge is -2.46. The zero-order valence-electron chi connectivity index (χ0n) is 15.0. The van der Waals surface area contributed by atoms with E-state index >= 15 is 0 Å². The van der Waals surface area contributed by atoms with Gasteiger partial charge in [-0.1, -0.05) is 0 Å². The molecule has 1 unspecified atom stereocenters. The van der Waals surface area contributed by atoms with Crippen LogP contribution in [0.5, 0.6) is 0 Å². The Balaban J connectivity index is 1.90. The van der Waals surface area contributed by atoms with Crippen LogP contribution in [0.25, 0.3) is 0 Å². The summed E-state index contributed by atoms with van der Waals surface area (Å²) in [7, 11) is 0. The average Bonchev–Trinajstić information content (AvgIpc) is 2.63. The lowest BCUT2D eigenvalue weighted by molar-refractivity contribution is -0.545. The van der Waals surface area contributed by atoms with E-state index in [0.717, 1.165) is 17.0 Å². The fourth-order valence-electron chi connectivity index (χ4n) is 2.97. The molecule has 1 atom stereocenters. The Morgan fingerprint density at radius 3 is 2.52 bits per heavy atom. The second-order valence-electron chi connectivity index (χ2n) is 6.76. The normalized spacial score (nSPS) is 16.1. The zero-order valence-corrected chi connectivity index (χ0v) is 17.1. The molecule has 0 aromatic heterocycles. The molecule has 11 heteroatoms. The SMILES string of the molecule is CC([N+](=O)[O-])C1(O)CN(C(=O)c2ccc(F)c(F)c2Nc2ccc(I)cc2F)C1. The van der Waals surface area contributed by atoms with E-state index in [1.54, 1.807) is 6.07 Å². The van der Waals surface area contributed by atoms with E-state index in [9.17, 15) is 33.2 Å². The van der Waals surface area contributed by atoms with Crippen molar-refractivity contribution < 1.29 is 28.0 Å². The molecule has 7 nitrogen and oxygen atoms in total. The van der Waals surface area contributed by atoms with Crippen LogP contribution >= 0.6 is 22.6 Å². The number of rotatable bonds is 5. The molecule has 2 aromatic rings. The number of hydrogen-bond acceptors (Lipinski definition) is 5. The maximum absolute atomic E-state index is 14.4. The fourth-order valence-corrected chi connectivity index (χ4v) is 3.42. The van der Waals surface area contributed by atoms with Gasteiger partial charge in [0.2, 0.25) is 6.04 Å². The van der Waals surface area contributed by atoms with E-state index in [1.807, 2.05) is 22.6 Å². The number of carbonyl (C=O) groups excluding carboxylic acids is 1. The molecule has 3 rings (SSSR count). The molecule has 2 N–H and O–H groups in total. The van der Waals surface area contributed by atoms with Crippen molar-refractivity contribution in [3.05, 3.63) is 67.0 Å². The average molecular weight is 521 g/mol. The molecule has 1 aliphatic rings. The van der Waals surface area contributed by atoms with Gasteiger partial charge >= 0.3 is 0 Å². The number of hydrogen-bond donors (Lipinski definition) is 2. The smallest absolute Gasteiger partial charge is 0.256 e. The van der Waals surface area contributed by atoms with E-state index in [2.05, 4.69) is 5.32 Å². The third-order valence-electron chi connectivity index (χ3n) is 4.83. The summed E-state index contributed by atoms with van der Waals surface area (Å²) < 4.78 is 42.9. The van der Waals surface area contributed by atoms with Crippen molar-refractivity contribution in [3.8, 4) is 0 Å². The van der Waals surface area contributed by atoms with Gasteiger partial charge in [-0.05, 0) is 52.9 Å². The van der Waals surface area contributed by atoms with E-state index < -0.39 is 45.6 Å². The van der Waals surface area contributed by atoms with Crippen LogP contribution in [0.3, 0.4) is 0 Å². The molecule has 1 saturated heterocycles.